The summed E-state index contributed by atoms with van der Waals surface area (Å²) >= 11 is 1.36. The molecule has 0 saturated heterocycles. The minimum absolute atomic E-state index is 0.0810. The molecule has 2 aromatic heterocycles. The van der Waals surface area contributed by atoms with Gasteiger partial charge in [0.1, 0.15) is 5.76 Å². The summed E-state index contributed by atoms with van der Waals surface area (Å²) in [6.45, 7) is 4.48. The van der Waals surface area contributed by atoms with E-state index < -0.39 is 0 Å². The molecular formula is C23H22N4O2S. The molecule has 0 aliphatic rings. The number of hydrogen-bond acceptors (Lipinski definition) is 5. The van der Waals surface area contributed by atoms with E-state index in [9.17, 15) is 4.79 Å². The number of carbonyl (C=O) groups excluding carboxylic acids is 1. The van der Waals surface area contributed by atoms with E-state index in [1.807, 2.05) is 79.1 Å². The number of carbonyl (C=O) groups is 1. The first-order valence-corrected chi connectivity index (χ1v) is 10.6. The van der Waals surface area contributed by atoms with Gasteiger partial charge in [0.25, 0.3) is 0 Å². The molecule has 0 radical (unpaired) electrons. The normalized spacial score (nSPS) is 10.9. The van der Waals surface area contributed by atoms with Gasteiger partial charge < -0.3 is 9.73 Å². The van der Waals surface area contributed by atoms with E-state index in [2.05, 4.69) is 15.5 Å². The maximum atomic E-state index is 12.5. The number of anilines is 1. The van der Waals surface area contributed by atoms with Gasteiger partial charge in [0.2, 0.25) is 5.91 Å². The Kier molecular flexibility index (Phi) is 5.99. The number of hydrogen-bond donors (Lipinski definition) is 1. The van der Waals surface area contributed by atoms with Crippen LogP contribution in [0.5, 0.6) is 0 Å². The molecule has 0 aliphatic heterocycles. The van der Waals surface area contributed by atoms with E-state index in [4.69, 9.17) is 4.42 Å². The number of nitrogens with one attached hydrogen (secondary N) is 1. The zero-order chi connectivity index (χ0) is 20.9. The lowest BCUT2D eigenvalue weighted by molar-refractivity contribution is -0.113. The van der Waals surface area contributed by atoms with Crippen molar-refractivity contribution >= 4 is 23.4 Å². The fourth-order valence-electron chi connectivity index (χ4n) is 3.08. The number of furan rings is 1. The maximum absolute atomic E-state index is 12.5. The van der Waals surface area contributed by atoms with Crippen LogP contribution >= 0.6 is 11.8 Å². The van der Waals surface area contributed by atoms with Crippen LogP contribution in [0, 0.1) is 13.8 Å². The molecule has 1 amide bonds. The van der Waals surface area contributed by atoms with Crippen LogP contribution in [0.3, 0.4) is 0 Å². The Labute approximate surface area is 179 Å². The molecule has 4 rings (SSSR count). The van der Waals surface area contributed by atoms with E-state index in [1.54, 1.807) is 6.26 Å². The zero-order valence-corrected chi connectivity index (χ0v) is 17.6. The van der Waals surface area contributed by atoms with Crippen molar-refractivity contribution in [2.45, 2.75) is 25.5 Å². The van der Waals surface area contributed by atoms with Crippen molar-refractivity contribution in [1.82, 2.24) is 14.8 Å². The highest BCUT2D eigenvalue weighted by Crippen LogP contribution is 2.25. The van der Waals surface area contributed by atoms with E-state index in [-0.39, 0.29) is 11.7 Å². The topological polar surface area (TPSA) is 73.0 Å². The predicted molar refractivity (Wildman–Crippen MR) is 119 cm³/mol. The van der Waals surface area contributed by atoms with E-state index in [0.717, 1.165) is 34.0 Å². The van der Waals surface area contributed by atoms with E-state index >= 15 is 0 Å². The number of benzene rings is 2. The van der Waals surface area contributed by atoms with Gasteiger partial charge in [-0.1, -0.05) is 54.2 Å². The largest absolute Gasteiger partial charge is 0.467 e. The van der Waals surface area contributed by atoms with Crippen molar-refractivity contribution < 1.29 is 9.21 Å². The lowest BCUT2D eigenvalue weighted by Crippen LogP contribution is -2.15. The first kappa shape index (κ1) is 20.0. The Balaban J connectivity index is 1.52. The molecule has 0 bridgehead atoms. The van der Waals surface area contributed by atoms with Gasteiger partial charge in [0, 0.05) is 11.3 Å². The highest BCUT2D eigenvalue weighted by atomic mass is 32.2. The van der Waals surface area contributed by atoms with Gasteiger partial charge in [0.05, 0.1) is 18.6 Å². The minimum atomic E-state index is -0.0810. The number of aromatic nitrogens is 3. The molecule has 0 unspecified atom stereocenters. The van der Waals surface area contributed by atoms with Gasteiger partial charge in [0.15, 0.2) is 11.0 Å². The predicted octanol–water partition coefficient (Wildman–Crippen LogP) is 4.93. The average Bonchev–Trinajstić information content (AvgIpc) is 3.40. The maximum Gasteiger partial charge on any atom is 0.234 e. The Hall–Kier alpha value is -3.32. The number of nitrogens with zero attached hydrogens (tertiary/aromatic N) is 3. The molecule has 30 heavy (non-hydrogen) atoms. The highest BCUT2D eigenvalue weighted by molar-refractivity contribution is 7.99. The molecule has 6 nitrogen and oxygen atoms in total. The monoisotopic (exact) mass is 418 g/mol. The molecule has 7 heteroatoms. The van der Waals surface area contributed by atoms with Crippen LogP contribution in [0.2, 0.25) is 0 Å². The molecule has 0 aliphatic carbocycles. The van der Waals surface area contributed by atoms with Crippen molar-refractivity contribution in [2.75, 3.05) is 11.1 Å². The van der Waals surface area contributed by atoms with Crippen molar-refractivity contribution in [3.63, 3.8) is 0 Å². The standard InChI is InChI=1S/C23H22N4O2S/c1-16-10-11-17(2)20(13-16)24-21(28)15-30-23-26-25-22(18-7-4-3-5-8-18)27(23)14-19-9-6-12-29-19/h3-13H,14-15H2,1-2H3,(H,24,28). The number of amides is 1. The van der Waals surface area contributed by atoms with Gasteiger partial charge in [-0.25, -0.2) is 0 Å². The molecule has 1 N–H and O–H groups in total. The van der Waals surface area contributed by atoms with Gasteiger partial charge in [-0.15, -0.1) is 10.2 Å². The number of thioether (sulfide) groups is 1. The summed E-state index contributed by atoms with van der Waals surface area (Å²) in [5.74, 6) is 1.69. The van der Waals surface area contributed by atoms with Crippen LogP contribution in [0.15, 0.2) is 76.5 Å². The Morgan fingerprint density at radius 1 is 1.07 bits per heavy atom. The minimum Gasteiger partial charge on any atom is -0.467 e. The van der Waals surface area contributed by atoms with Crippen LogP contribution < -0.4 is 5.32 Å². The molecule has 4 aromatic rings. The lowest BCUT2D eigenvalue weighted by atomic mass is 10.1. The van der Waals surface area contributed by atoms with E-state index in [1.165, 1.54) is 11.8 Å². The van der Waals surface area contributed by atoms with Crippen molar-refractivity contribution in [3.05, 3.63) is 83.8 Å². The van der Waals surface area contributed by atoms with Gasteiger partial charge in [-0.05, 0) is 43.2 Å². The second-order valence-electron chi connectivity index (χ2n) is 6.99. The summed E-state index contributed by atoms with van der Waals surface area (Å²) in [4.78, 5) is 12.5. The van der Waals surface area contributed by atoms with Crippen molar-refractivity contribution in [2.24, 2.45) is 0 Å². The molecular weight excluding hydrogens is 396 g/mol. The lowest BCUT2D eigenvalue weighted by Gasteiger charge is -2.10. The summed E-state index contributed by atoms with van der Waals surface area (Å²) in [6, 6.07) is 19.6. The molecule has 2 aromatic carbocycles. The summed E-state index contributed by atoms with van der Waals surface area (Å²) in [5.41, 5.74) is 3.94. The fourth-order valence-corrected chi connectivity index (χ4v) is 3.82. The Morgan fingerprint density at radius 2 is 1.90 bits per heavy atom. The van der Waals surface area contributed by atoms with Crippen molar-refractivity contribution in [3.8, 4) is 11.4 Å². The summed E-state index contributed by atoms with van der Waals surface area (Å²) in [6.07, 6.45) is 1.65. The second kappa shape index (κ2) is 9.00. The Morgan fingerprint density at radius 3 is 2.67 bits per heavy atom. The zero-order valence-electron chi connectivity index (χ0n) is 16.8. The quantitative estimate of drug-likeness (QED) is 0.431. The summed E-state index contributed by atoms with van der Waals surface area (Å²) < 4.78 is 7.49. The molecule has 0 saturated carbocycles. The number of rotatable bonds is 7. The molecule has 0 atom stereocenters. The van der Waals surface area contributed by atoms with Crippen LogP contribution in [-0.2, 0) is 11.3 Å². The molecule has 0 spiro atoms. The molecule has 0 fully saturated rings. The summed E-state index contributed by atoms with van der Waals surface area (Å²) in [7, 11) is 0. The first-order valence-electron chi connectivity index (χ1n) is 9.61. The third-order valence-electron chi connectivity index (χ3n) is 4.64. The number of aryl methyl sites for hydroxylation is 2. The van der Waals surface area contributed by atoms with Crippen LogP contribution in [0.25, 0.3) is 11.4 Å². The SMILES string of the molecule is Cc1ccc(C)c(NC(=O)CSc2nnc(-c3ccccc3)n2Cc2ccco2)c1. The van der Waals surface area contributed by atoms with Crippen LogP contribution in [0.4, 0.5) is 5.69 Å². The highest BCUT2D eigenvalue weighted by Gasteiger charge is 2.17. The average molecular weight is 419 g/mol. The second-order valence-corrected chi connectivity index (χ2v) is 7.94. The van der Waals surface area contributed by atoms with E-state index in [0.29, 0.717) is 11.7 Å². The summed E-state index contributed by atoms with van der Waals surface area (Å²) in [5, 5.41) is 12.4. The molecule has 152 valence electrons. The third kappa shape index (κ3) is 4.63. The molecule has 2 heterocycles. The van der Waals surface area contributed by atoms with Gasteiger partial charge in [-0.2, -0.15) is 0 Å². The van der Waals surface area contributed by atoms with Gasteiger partial charge in [-0.3, -0.25) is 9.36 Å². The third-order valence-corrected chi connectivity index (χ3v) is 5.61. The Bertz CT molecular complexity index is 1140. The van der Waals surface area contributed by atoms with Crippen LogP contribution in [-0.4, -0.2) is 26.4 Å². The fraction of sp³-hybridized carbons (Fsp3) is 0.174. The van der Waals surface area contributed by atoms with Gasteiger partial charge >= 0.3 is 0 Å². The van der Waals surface area contributed by atoms with Crippen LogP contribution in [0.1, 0.15) is 16.9 Å². The van der Waals surface area contributed by atoms with Crippen molar-refractivity contribution in [1.29, 1.82) is 0 Å². The smallest absolute Gasteiger partial charge is 0.234 e. The first-order chi connectivity index (χ1) is 14.6.